The SMILES string of the molecule is Cc1ccc(N2CS(=O)C(=CN(C)C)C2=O)cc1. The van der Waals surface area contributed by atoms with Crippen molar-refractivity contribution < 1.29 is 9.00 Å². The van der Waals surface area contributed by atoms with Crippen molar-refractivity contribution in [2.24, 2.45) is 0 Å². The lowest BCUT2D eigenvalue weighted by atomic mass is 10.2. The molecule has 0 aromatic heterocycles. The molecule has 1 aromatic rings. The van der Waals surface area contributed by atoms with Gasteiger partial charge in [-0.05, 0) is 19.1 Å². The van der Waals surface area contributed by atoms with E-state index in [4.69, 9.17) is 0 Å². The van der Waals surface area contributed by atoms with Crippen molar-refractivity contribution in [1.29, 1.82) is 0 Å². The minimum atomic E-state index is -1.25. The Morgan fingerprint density at radius 2 is 1.89 bits per heavy atom. The van der Waals surface area contributed by atoms with Gasteiger partial charge in [0.1, 0.15) is 10.8 Å². The van der Waals surface area contributed by atoms with Crippen LogP contribution in [0.3, 0.4) is 0 Å². The maximum absolute atomic E-state index is 12.2. The molecule has 1 fully saturated rings. The van der Waals surface area contributed by atoms with Gasteiger partial charge in [-0.2, -0.15) is 0 Å². The second kappa shape index (κ2) is 4.94. The van der Waals surface area contributed by atoms with Crippen molar-refractivity contribution in [1.82, 2.24) is 4.90 Å². The van der Waals surface area contributed by atoms with Crippen molar-refractivity contribution in [3.8, 4) is 0 Å². The van der Waals surface area contributed by atoms with Gasteiger partial charge in [0.25, 0.3) is 5.91 Å². The maximum Gasteiger partial charge on any atom is 0.269 e. The highest BCUT2D eigenvalue weighted by Crippen LogP contribution is 2.25. The van der Waals surface area contributed by atoms with Gasteiger partial charge < -0.3 is 4.90 Å². The number of nitrogens with zero attached hydrogens (tertiary/aromatic N) is 2. The Morgan fingerprint density at radius 1 is 1.28 bits per heavy atom. The third-order valence-corrected chi connectivity index (χ3v) is 3.93. The molecule has 0 aliphatic carbocycles. The highest BCUT2D eigenvalue weighted by Gasteiger charge is 2.33. The number of carbonyl (C=O) groups excluding carboxylic acids is 1. The van der Waals surface area contributed by atoms with E-state index in [-0.39, 0.29) is 11.8 Å². The zero-order valence-corrected chi connectivity index (χ0v) is 11.5. The molecular weight excluding hydrogens is 248 g/mol. The van der Waals surface area contributed by atoms with Crippen molar-refractivity contribution in [3.05, 3.63) is 40.9 Å². The van der Waals surface area contributed by atoms with E-state index in [0.29, 0.717) is 4.91 Å². The van der Waals surface area contributed by atoms with Gasteiger partial charge in [0, 0.05) is 26.0 Å². The Balaban J connectivity index is 2.31. The molecular formula is C13H16N2O2S. The molecule has 5 heteroatoms. The second-order valence-electron chi connectivity index (χ2n) is 4.50. The van der Waals surface area contributed by atoms with E-state index in [1.54, 1.807) is 16.0 Å². The third-order valence-electron chi connectivity index (χ3n) is 2.67. The monoisotopic (exact) mass is 264 g/mol. The summed E-state index contributed by atoms with van der Waals surface area (Å²) < 4.78 is 11.9. The number of anilines is 1. The van der Waals surface area contributed by atoms with Gasteiger partial charge in [-0.25, -0.2) is 0 Å². The van der Waals surface area contributed by atoms with Crippen LogP contribution < -0.4 is 4.90 Å². The predicted octanol–water partition coefficient (Wildman–Crippen LogP) is 1.45. The molecule has 1 aliphatic heterocycles. The van der Waals surface area contributed by atoms with Crippen LogP contribution in [0.25, 0.3) is 0 Å². The molecule has 1 aliphatic rings. The van der Waals surface area contributed by atoms with E-state index in [1.807, 2.05) is 45.3 Å². The quantitative estimate of drug-likeness (QED) is 0.759. The minimum absolute atomic E-state index is 0.175. The van der Waals surface area contributed by atoms with E-state index in [0.717, 1.165) is 11.3 Å². The molecule has 1 amide bonds. The number of hydrogen-bond donors (Lipinski definition) is 0. The van der Waals surface area contributed by atoms with Gasteiger partial charge in [-0.15, -0.1) is 0 Å². The van der Waals surface area contributed by atoms with Gasteiger partial charge in [0.2, 0.25) is 0 Å². The molecule has 1 heterocycles. The van der Waals surface area contributed by atoms with E-state index in [1.165, 1.54) is 0 Å². The molecule has 1 saturated heterocycles. The lowest BCUT2D eigenvalue weighted by molar-refractivity contribution is -0.114. The van der Waals surface area contributed by atoms with Gasteiger partial charge in [-0.3, -0.25) is 13.9 Å². The molecule has 1 atom stereocenters. The molecule has 96 valence electrons. The summed E-state index contributed by atoms with van der Waals surface area (Å²) in [7, 11) is 2.37. The molecule has 1 unspecified atom stereocenters. The van der Waals surface area contributed by atoms with Gasteiger partial charge in [-0.1, -0.05) is 17.7 Å². The van der Waals surface area contributed by atoms with E-state index < -0.39 is 10.8 Å². The molecule has 0 N–H and O–H groups in total. The molecule has 0 saturated carbocycles. The topological polar surface area (TPSA) is 40.6 Å². The van der Waals surface area contributed by atoms with Gasteiger partial charge in [0.05, 0.1) is 10.8 Å². The van der Waals surface area contributed by atoms with Crippen molar-refractivity contribution >= 4 is 22.4 Å². The Kier molecular flexibility index (Phi) is 3.52. The average molecular weight is 264 g/mol. The van der Waals surface area contributed by atoms with E-state index in [9.17, 15) is 9.00 Å². The van der Waals surface area contributed by atoms with E-state index >= 15 is 0 Å². The number of hydrogen-bond acceptors (Lipinski definition) is 3. The largest absolute Gasteiger partial charge is 0.382 e. The minimum Gasteiger partial charge on any atom is -0.382 e. The summed E-state index contributed by atoms with van der Waals surface area (Å²) in [6, 6.07) is 7.64. The molecule has 4 nitrogen and oxygen atoms in total. The normalized spacial score (nSPS) is 21.7. The van der Waals surface area contributed by atoms with Crippen LogP contribution in [0.2, 0.25) is 0 Å². The predicted molar refractivity (Wildman–Crippen MR) is 73.4 cm³/mol. The Hall–Kier alpha value is -1.62. The van der Waals surface area contributed by atoms with Crippen LogP contribution in [-0.4, -0.2) is 35.0 Å². The van der Waals surface area contributed by atoms with Crippen LogP contribution in [0.5, 0.6) is 0 Å². The zero-order chi connectivity index (χ0) is 13.3. The molecule has 18 heavy (non-hydrogen) atoms. The van der Waals surface area contributed by atoms with Crippen molar-refractivity contribution in [2.45, 2.75) is 6.92 Å². The zero-order valence-electron chi connectivity index (χ0n) is 10.7. The maximum atomic E-state index is 12.2. The third kappa shape index (κ3) is 2.46. The van der Waals surface area contributed by atoms with Crippen LogP contribution in [0.4, 0.5) is 5.69 Å². The fourth-order valence-corrected chi connectivity index (χ4v) is 3.01. The molecule has 1 aromatic carbocycles. The number of carbonyl (C=O) groups is 1. The highest BCUT2D eigenvalue weighted by atomic mass is 32.2. The first kappa shape index (κ1) is 12.8. The molecule has 0 spiro atoms. The van der Waals surface area contributed by atoms with Crippen LogP contribution >= 0.6 is 0 Å². The van der Waals surface area contributed by atoms with Crippen molar-refractivity contribution in [2.75, 3.05) is 24.9 Å². The Morgan fingerprint density at radius 3 is 2.44 bits per heavy atom. The molecule has 0 radical (unpaired) electrons. The lowest BCUT2D eigenvalue weighted by Crippen LogP contribution is -2.24. The number of rotatable bonds is 2. The smallest absolute Gasteiger partial charge is 0.269 e. The first-order chi connectivity index (χ1) is 8.49. The van der Waals surface area contributed by atoms with Crippen LogP contribution in [-0.2, 0) is 15.6 Å². The Labute approximate surface area is 109 Å². The highest BCUT2D eigenvalue weighted by molar-refractivity contribution is 7.90. The number of aryl methyl sites for hydroxylation is 1. The van der Waals surface area contributed by atoms with Crippen molar-refractivity contribution in [3.63, 3.8) is 0 Å². The average Bonchev–Trinajstić information content (AvgIpc) is 2.58. The van der Waals surface area contributed by atoms with Crippen LogP contribution in [0.1, 0.15) is 5.56 Å². The number of benzene rings is 1. The fraction of sp³-hybridized carbons (Fsp3) is 0.308. The summed E-state index contributed by atoms with van der Waals surface area (Å²) in [5.41, 5.74) is 1.93. The summed E-state index contributed by atoms with van der Waals surface area (Å²) in [4.78, 5) is 15.8. The standard InChI is InChI=1S/C13H16N2O2S/c1-10-4-6-11(7-5-10)15-9-18(17)12(13(15)16)8-14(2)3/h4-8H,9H2,1-3H3. The van der Waals surface area contributed by atoms with E-state index in [2.05, 4.69) is 0 Å². The number of amides is 1. The summed E-state index contributed by atoms with van der Waals surface area (Å²) in [5.74, 6) is 0.0626. The van der Waals surface area contributed by atoms with Crippen LogP contribution in [0.15, 0.2) is 35.4 Å². The summed E-state index contributed by atoms with van der Waals surface area (Å²) in [6.45, 7) is 1.99. The fourth-order valence-electron chi connectivity index (χ4n) is 1.74. The first-order valence-corrected chi connectivity index (χ1v) is 6.96. The lowest BCUT2D eigenvalue weighted by Gasteiger charge is -2.14. The summed E-state index contributed by atoms with van der Waals surface area (Å²) in [6.07, 6.45) is 1.63. The second-order valence-corrected chi connectivity index (χ2v) is 5.89. The summed E-state index contributed by atoms with van der Waals surface area (Å²) in [5, 5.41) is 0. The van der Waals surface area contributed by atoms with Gasteiger partial charge in [0.15, 0.2) is 0 Å². The summed E-state index contributed by atoms with van der Waals surface area (Å²) >= 11 is 0. The Bertz CT molecular complexity index is 520. The molecule has 0 bridgehead atoms. The first-order valence-electron chi connectivity index (χ1n) is 5.64. The van der Waals surface area contributed by atoms with Gasteiger partial charge >= 0.3 is 0 Å². The van der Waals surface area contributed by atoms with Crippen LogP contribution in [0, 0.1) is 6.92 Å². The molecule has 2 rings (SSSR count).